The molecule has 0 saturated heterocycles. The van der Waals surface area contributed by atoms with E-state index in [-0.39, 0.29) is 0 Å². The third-order valence-corrected chi connectivity index (χ3v) is 2.73. The van der Waals surface area contributed by atoms with Gasteiger partial charge in [0.1, 0.15) is 0 Å². The number of alkyl halides is 1. The number of halogens is 2. The third kappa shape index (κ3) is 3.56. The zero-order valence-corrected chi connectivity index (χ0v) is 10.1. The molecular weight excluding hydrogens is 235 g/mol. The third-order valence-electron chi connectivity index (χ3n) is 1.82. The van der Waals surface area contributed by atoms with Crippen LogP contribution in [0, 0.1) is 0 Å². The van der Waals surface area contributed by atoms with Crippen molar-refractivity contribution < 1.29 is 0 Å². The molecule has 3 heteroatoms. The summed E-state index contributed by atoms with van der Waals surface area (Å²) in [5, 5.41) is 0.728. The molecular formula is C11H12Cl2S. The standard InChI is InChI=1S/C11H12Cl2S/c12-8-10-7-9(3-1-2-6-14)4-5-11(10)13/h1,3-5,7,14H,2,6,8H2. The Bertz CT molecular complexity index is 321. The molecule has 0 atom stereocenters. The molecule has 0 N–H and O–H groups in total. The fraction of sp³-hybridized carbons (Fsp3) is 0.273. The minimum Gasteiger partial charge on any atom is -0.179 e. The van der Waals surface area contributed by atoms with Gasteiger partial charge in [-0.25, -0.2) is 0 Å². The molecule has 0 fully saturated rings. The van der Waals surface area contributed by atoms with E-state index >= 15 is 0 Å². The Morgan fingerprint density at radius 3 is 2.79 bits per heavy atom. The zero-order chi connectivity index (χ0) is 10.4. The molecule has 0 radical (unpaired) electrons. The molecule has 0 unspecified atom stereocenters. The van der Waals surface area contributed by atoms with Crippen molar-refractivity contribution in [2.75, 3.05) is 5.75 Å². The maximum Gasteiger partial charge on any atom is 0.0489 e. The fourth-order valence-electron chi connectivity index (χ4n) is 1.09. The number of hydrogen-bond donors (Lipinski definition) is 1. The summed E-state index contributed by atoms with van der Waals surface area (Å²) in [7, 11) is 0. The molecule has 1 rings (SSSR count). The van der Waals surface area contributed by atoms with Crippen molar-refractivity contribution >= 4 is 41.9 Å². The van der Waals surface area contributed by atoms with E-state index in [0.717, 1.165) is 28.3 Å². The van der Waals surface area contributed by atoms with Gasteiger partial charge >= 0.3 is 0 Å². The molecule has 0 nitrogen and oxygen atoms in total. The van der Waals surface area contributed by atoms with Crippen LogP contribution in [-0.2, 0) is 5.88 Å². The Balaban J connectivity index is 2.79. The van der Waals surface area contributed by atoms with Gasteiger partial charge in [-0.05, 0) is 35.4 Å². The van der Waals surface area contributed by atoms with Gasteiger partial charge in [-0.2, -0.15) is 12.6 Å². The Hall–Kier alpha value is -0.110. The van der Waals surface area contributed by atoms with Crippen LogP contribution >= 0.6 is 35.8 Å². The van der Waals surface area contributed by atoms with Gasteiger partial charge in [-0.1, -0.05) is 29.8 Å². The van der Waals surface area contributed by atoms with Gasteiger partial charge in [-0.15, -0.1) is 11.6 Å². The lowest BCUT2D eigenvalue weighted by atomic mass is 10.1. The number of thiol groups is 1. The van der Waals surface area contributed by atoms with Crippen LogP contribution in [-0.4, -0.2) is 5.75 Å². The van der Waals surface area contributed by atoms with Crippen LogP contribution in [0.5, 0.6) is 0 Å². The fourth-order valence-corrected chi connectivity index (χ4v) is 1.72. The van der Waals surface area contributed by atoms with Crippen LogP contribution < -0.4 is 0 Å². The summed E-state index contributed by atoms with van der Waals surface area (Å²) in [5.41, 5.74) is 2.10. The Labute approximate surface area is 100 Å². The molecule has 0 aliphatic carbocycles. The molecule has 0 bridgehead atoms. The summed E-state index contributed by atoms with van der Waals surface area (Å²) >= 11 is 15.8. The Morgan fingerprint density at radius 2 is 2.14 bits per heavy atom. The highest BCUT2D eigenvalue weighted by atomic mass is 35.5. The van der Waals surface area contributed by atoms with Gasteiger partial charge in [0, 0.05) is 10.9 Å². The van der Waals surface area contributed by atoms with E-state index in [0.29, 0.717) is 5.88 Å². The van der Waals surface area contributed by atoms with Gasteiger partial charge < -0.3 is 0 Å². The summed E-state index contributed by atoms with van der Waals surface area (Å²) in [6.45, 7) is 0. The first-order valence-electron chi connectivity index (χ1n) is 4.39. The van der Waals surface area contributed by atoms with Crippen LogP contribution in [0.25, 0.3) is 6.08 Å². The predicted molar refractivity (Wildman–Crippen MR) is 68.5 cm³/mol. The minimum absolute atomic E-state index is 0.451. The minimum atomic E-state index is 0.451. The lowest BCUT2D eigenvalue weighted by Gasteiger charge is -2.01. The number of rotatable bonds is 4. The van der Waals surface area contributed by atoms with Crippen molar-refractivity contribution in [2.24, 2.45) is 0 Å². The van der Waals surface area contributed by atoms with Gasteiger partial charge in [0.05, 0.1) is 0 Å². The van der Waals surface area contributed by atoms with Crippen molar-refractivity contribution in [3.8, 4) is 0 Å². The molecule has 0 aromatic heterocycles. The zero-order valence-electron chi connectivity index (χ0n) is 7.71. The smallest absolute Gasteiger partial charge is 0.0489 e. The normalized spacial score (nSPS) is 11.1. The number of allylic oxidation sites excluding steroid dienone is 1. The van der Waals surface area contributed by atoms with Crippen LogP contribution in [0.1, 0.15) is 17.5 Å². The van der Waals surface area contributed by atoms with Gasteiger partial charge in [0.2, 0.25) is 0 Å². The van der Waals surface area contributed by atoms with E-state index in [1.54, 1.807) is 0 Å². The molecule has 0 amide bonds. The topological polar surface area (TPSA) is 0 Å². The highest BCUT2D eigenvalue weighted by molar-refractivity contribution is 7.80. The summed E-state index contributed by atoms with van der Waals surface area (Å²) in [4.78, 5) is 0. The first kappa shape index (κ1) is 12.0. The monoisotopic (exact) mass is 246 g/mol. The van der Waals surface area contributed by atoms with Crippen molar-refractivity contribution in [1.29, 1.82) is 0 Å². The van der Waals surface area contributed by atoms with E-state index in [4.69, 9.17) is 23.2 Å². The molecule has 0 saturated carbocycles. The second-order valence-electron chi connectivity index (χ2n) is 2.90. The molecule has 0 aliphatic rings. The van der Waals surface area contributed by atoms with Crippen molar-refractivity contribution in [1.82, 2.24) is 0 Å². The molecule has 76 valence electrons. The molecule has 1 aromatic carbocycles. The van der Waals surface area contributed by atoms with Crippen LogP contribution in [0.3, 0.4) is 0 Å². The predicted octanol–water partition coefficient (Wildman–Crippen LogP) is 4.41. The summed E-state index contributed by atoms with van der Waals surface area (Å²) < 4.78 is 0. The average molecular weight is 247 g/mol. The highest BCUT2D eigenvalue weighted by Crippen LogP contribution is 2.20. The first-order chi connectivity index (χ1) is 6.77. The van der Waals surface area contributed by atoms with Crippen molar-refractivity contribution in [2.45, 2.75) is 12.3 Å². The molecule has 0 aliphatic heterocycles. The van der Waals surface area contributed by atoms with Crippen LogP contribution in [0.15, 0.2) is 24.3 Å². The first-order valence-corrected chi connectivity index (χ1v) is 5.94. The second-order valence-corrected chi connectivity index (χ2v) is 4.02. The van der Waals surface area contributed by atoms with Crippen molar-refractivity contribution in [3.63, 3.8) is 0 Å². The quantitative estimate of drug-likeness (QED) is 0.591. The van der Waals surface area contributed by atoms with E-state index in [2.05, 4.69) is 24.8 Å². The largest absolute Gasteiger partial charge is 0.179 e. The van der Waals surface area contributed by atoms with Gasteiger partial charge in [-0.3, -0.25) is 0 Å². The highest BCUT2D eigenvalue weighted by Gasteiger charge is 1.98. The van der Waals surface area contributed by atoms with Gasteiger partial charge in [0.15, 0.2) is 0 Å². The Kier molecular flexibility index (Phi) is 5.46. The van der Waals surface area contributed by atoms with E-state index in [1.807, 2.05) is 18.2 Å². The average Bonchev–Trinajstić information content (AvgIpc) is 2.21. The second kappa shape index (κ2) is 6.39. The lowest BCUT2D eigenvalue weighted by molar-refractivity contribution is 1.26. The maximum atomic E-state index is 5.94. The number of hydrogen-bond acceptors (Lipinski definition) is 1. The maximum absolute atomic E-state index is 5.94. The van der Waals surface area contributed by atoms with E-state index in [1.165, 1.54) is 0 Å². The van der Waals surface area contributed by atoms with E-state index in [9.17, 15) is 0 Å². The lowest BCUT2D eigenvalue weighted by Crippen LogP contribution is -1.82. The summed E-state index contributed by atoms with van der Waals surface area (Å²) in [5.74, 6) is 1.32. The summed E-state index contributed by atoms with van der Waals surface area (Å²) in [6, 6.07) is 5.86. The van der Waals surface area contributed by atoms with Crippen LogP contribution in [0.4, 0.5) is 0 Å². The van der Waals surface area contributed by atoms with Gasteiger partial charge in [0.25, 0.3) is 0 Å². The van der Waals surface area contributed by atoms with Crippen molar-refractivity contribution in [3.05, 3.63) is 40.4 Å². The number of benzene rings is 1. The van der Waals surface area contributed by atoms with E-state index < -0.39 is 0 Å². The van der Waals surface area contributed by atoms with Crippen LogP contribution in [0.2, 0.25) is 5.02 Å². The molecule has 0 spiro atoms. The summed E-state index contributed by atoms with van der Waals surface area (Å²) in [6.07, 6.45) is 5.12. The molecule has 0 heterocycles. The molecule has 1 aromatic rings. The Morgan fingerprint density at radius 1 is 1.36 bits per heavy atom. The molecule has 14 heavy (non-hydrogen) atoms. The SMILES string of the molecule is SCCC=Cc1ccc(Cl)c(CCl)c1.